The van der Waals surface area contributed by atoms with Crippen molar-refractivity contribution in [1.29, 1.82) is 0 Å². The predicted octanol–water partition coefficient (Wildman–Crippen LogP) is 4.00. The summed E-state index contributed by atoms with van der Waals surface area (Å²) < 4.78 is 0. The van der Waals surface area contributed by atoms with E-state index in [2.05, 4.69) is 21.9 Å². The zero-order valence-electron chi connectivity index (χ0n) is 16.3. The van der Waals surface area contributed by atoms with Crippen LogP contribution in [-0.4, -0.2) is 40.7 Å². The molecule has 0 N–H and O–H groups in total. The molecule has 2 aliphatic heterocycles. The molecule has 1 saturated carbocycles. The normalized spacial score (nSPS) is 26.7. The van der Waals surface area contributed by atoms with Crippen LogP contribution in [0.1, 0.15) is 63.4 Å². The molecule has 0 unspecified atom stereocenters. The van der Waals surface area contributed by atoms with Crippen LogP contribution in [0.25, 0.3) is 0 Å². The Hall–Kier alpha value is -1.84. The van der Waals surface area contributed by atoms with Crippen LogP contribution in [0.3, 0.4) is 0 Å². The van der Waals surface area contributed by atoms with Gasteiger partial charge >= 0.3 is 0 Å². The minimum Gasteiger partial charge on any atom is -0.340 e. The topological polar surface area (TPSA) is 40.6 Å². The van der Waals surface area contributed by atoms with Crippen molar-refractivity contribution in [1.82, 2.24) is 9.80 Å². The fourth-order valence-corrected chi connectivity index (χ4v) is 5.29. The smallest absolute Gasteiger partial charge is 0.223 e. The van der Waals surface area contributed by atoms with Crippen LogP contribution < -0.4 is 0 Å². The van der Waals surface area contributed by atoms with E-state index in [1.54, 1.807) is 0 Å². The van der Waals surface area contributed by atoms with Crippen molar-refractivity contribution in [2.45, 2.75) is 70.4 Å². The second kappa shape index (κ2) is 8.45. The highest BCUT2D eigenvalue weighted by Crippen LogP contribution is 2.33. The second-order valence-electron chi connectivity index (χ2n) is 8.73. The molecule has 0 aromatic heterocycles. The molecule has 146 valence electrons. The van der Waals surface area contributed by atoms with Crippen LogP contribution >= 0.6 is 0 Å². The molecule has 27 heavy (non-hydrogen) atoms. The van der Waals surface area contributed by atoms with Gasteiger partial charge in [-0.2, -0.15) is 0 Å². The standard InChI is InChI=1S/C23H32N2O2/c26-22-13-7-12-20-16-24(23(27)14-18-8-3-1-4-9-18)17-21(20)25(22)15-19-10-5-2-6-11-19/h2,5-6,10-11,18,20-21H,1,3-4,7-9,12-17H2/t20-,21+/m1/s1. The maximum absolute atomic E-state index is 12.9. The van der Waals surface area contributed by atoms with E-state index in [0.29, 0.717) is 37.1 Å². The van der Waals surface area contributed by atoms with Crippen LogP contribution in [0.2, 0.25) is 0 Å². The van der Waals surface area contributed by atoms with Crippen molar-refractivity contribution in [3.63, 3.8) is 0 Å². The van der Waals surface area contributed by atoms with Gasteiger partial charge in [0.1, 0.15) is 0 Å². The average molecular weight is 369 g/mol. The van der Waals surface area contributed by atoms with E-state index in [9.17, 15) is 9.59 Å². The van der Waals surface area contributed by atoms with Gasteiger partial charge in [0.25, 0.3) is 0 Å². The molecular formula is C23H32N2O2. The number of hydrogen-bond acceptors (Lipinski definition) is 2. The van der Waals surface area contributed by atoms with Gasteiger partial charge < -0.3 is 9.80 Å². The van der Waals surface area contributed by atoms with Crippen molar-refractivity contribution in [3.05, 3.63) is 35.9 Å². The number of fused-ring (bicyclic) bond motifs is 1. The number of nitrogens with zero attached hydrogens (tertiary/aromatic N) is 2. The van der Waals surface area contributed by atoms with Crippen LogP contribution in [0.4, 0.5) is 0 Å². The minimum absolute atomic E-state index is 0.190. The molecule has 0 spiro atoms. The third-order valence-corrected chi connectivity index (χ3v) is 6.83. The Bertz CT molecular complexity index is 654. The first kappa shape index (κ1) is 18.5. The molecule has 0 radical (unpaired) electrons. The molecule has 2 amide bonds. The van der Waals surface area contributed by atoms with Gasteiger partial charge in [-0.25, -0.2) is 0 Å². The Morgan fingerprint density at radius 1 is 0.963 bits per heavy atom. The van der Waals surface area contributed by atoms with Gasteiger partial charge in [-0.1, -0.05) is 49.6 Å². The fraction of sp³-hybridized carbons (Fsp3) is 0.652. The summed E-state index contributed by atoms with van der Waals surface area (Å²) in [6, 6.07) is 10.4. The van der Waals surface area contributed by atoms with Gasteiger partial charge in [0.05, 0.1) is 6.04 Å². The number of amides is 2. The van der Waals surface area contributed by atoms with E-state index in [1.165, 1.54) is 37.7 Å². The van der Waals surface area contributed by atoms with Crippen LogP contribution in [-0.2, 0) is 16.1 Å². The number of carbonyl (C=O) groups is 2. The number of hydrogen-bond donors (Lipinski definition) is 0. The maximum atomic E-state index is 12.9. The van der Waals surface area contributed by atoms with Crippen LogP contribution in [0, 0.1) is 11.8 Å². The van der Waals surface area contributed by atoms with Crippen molar-refractivity contribution in [2.24, 2.45) is 11.8 Å². The van der Waals surface area contributed by atoms with Gasteiger partial charge in [0.15, 0.2) is 0 Å². The van der Waals surface area contributed by atoms with E-state index < -0.39 is 0 Å². The average Bonchev–Trinajstić information content (AvgIpc) is 3.06. The molecule has 2 heterocycles. The number of likely N-dealkylation sites (tertiary alicyclic amines) is 2. The van der Waals surface area contributed by atoms with E-state index in [4.69, 9.17) is 0 Å². The SMILES string of the molecule is O=C(CC1CCCCC1)N1C[C@H]2CCCC(=O)N(Cc3ccccc3)[C@H]2C1. The van der Waals surface area contributed by atoms with Crippen molar-refractivity contribution < 1.29 is 9.59 Å². The quantitative estimate of drug-likeness (QED) is 0.806. The van der Waals surface area contributed by atoms with E-state index in [0.717, 1.165) is 25.9 Å². The number of carbonyl (C=O) groups excluding carboxylic acids is 2. The Morgan fingerprint density at radius 3 is 2.52 bits per heavy atom. The lowest BCUT2D eigenvalue weighted by molar-refractivity contribution is -0.135. The number of benzene rings is 1. The molecule has 1 aromatic carbocycles. The summed E-state index contributed by atoms with van der Waals surface area (Å²) >= 11 is 0. The summed E-state index contributed by atoms with van der Waals surface area (Å²) in [5.74, 6) is 1.60. The third-order valence-electron chi connectivity index (χ3n) is 6.83. The summed E-state index contributed by atoms with van der Waals surface area (Å²) in [6.45, 7) is 2.25. The molecule has 1 aliphatic carbocycles. The van der Waals surface area contributed by atoms with E-state index in [1.807, 2.05) is 18.2 Å². The van der Waals surface area contributed by atoms with Crippen LogP contribution in [0.15, 0.2) is 30.3 Å². The zero-order chi connectivity index (χ0) is 18.6. The Kier molecular flexibility index (Phi) is 5.80. The van der Waals surface area contributed by atoms with Gasteiger partial charge in [-0.3, -0.25) is 9.59 Å². The molecule has 4 rings (SSSR count). The molecule has 4 heteroatoms. The molecule has 3 aliphatic rings. The van der Waals surface area contributed by atoms with Gasteiger partial charge in [0.2, 0.25) is 11.8 Å². The summed E-state index contributed by atoms with van der Waals surface area (Å²) in [6.07, 6.45) is 9.70. The summed E-state index contributed by atoms with van der Waals surface area (Å²) in [7, 11) is 0. The first-order valence-corrected chi connectivity index (χ1v) is 10.8. The first-order chi connectivity index (χ1) is 13.2. The van der Waals surface area contributed by atoms with Crippen molar-refractivity contribution in [2.75, 3.05) is 13.1 Å². The lowest BCUT2D eigenvalue weighted by Gasteiger charge is -2.30. The molecule has 2 atom stereocenters. The molecule has 0 bridgehead atoms. The molecular weight excluding hydrogens is 336 g/mol. The molecule has 2 saturated heterocycles. The summed E-state index contributed by atoms with van der Waals surface area (Å²) in [4.78, 5) is 29.8. The van der Waals surface area contributed by atoms with Gasteiger partial charge in [-0.15, -0.1) is 0 Å². The molecule has 4 nitrogen and oxygen atoms in total. The van der Waals surface area contributed by atoms with Gasteiger partial charge in [0, 0.05) is 32.5 Å². The highest BCUT2D eigenvalue weighted by molar-refractivity contribution is 5.79. The minimum atomic E-state index is 0.190. The second-order valence-corrected chi connectivity index (χ2v) is 8.73. The Labute approximate surface area is 162 Å². The zero-order valence-corrected chi connectivity index (χ0v) is 16.3. The highest BCUT2D eigenvalue weighted by Gasteiger charge is 2.41. The lowest BCUT2D eigenvalue weighted by atomic mass is 9.87. The summed E-state index contributed by atoms with van der Waals surface area (Å²) in [5.41, 5.74) is 1.18. The largest absolute Gasteiger partial charge is 0.340 e. The van der Waals surface area contributed by atoms with Crippen LogP contribution in [0.5, 0.6) is 0 Å². The van der Waals surface area contributed by atoms with Crippen molar-refractivity contribution >= 4 is 11.8 Å². The fourth-order valence-electron chi connectivity index (χ4n) is 5.29. The monoisotopic (exact) mass is 368 g/mol. The van der Waals surface area contributed by atoms with Crippen molar-refractivity contribution in [3.8, 4) is 0 Å². The van der Waals surface area contributed by atoms with E-state index >= 15 is 0 Å². The molecule has 3 fully saturated rings. The van der Waals surface area contributed by atoms with Gasteiger partial charge in [-0.05, 0) is 43.1 Å². The summed E-state index contributed by atoms with van der Waals surface area (Å²) in [5, 5.41) is 0. The van der Waals surface area contributed by atoms with E-state index in [-0.39, 0.29) is 11.9 Å². The number of rotatable bonds is 4. The Morgan fingerprint density at radius 2 is 1.74 bits per heavy atom. The highest BCUT2D eigenvalue weighted by atomic mass is 16.2. The Balaban J connectivity index is 1.43. The lowest BCUT2D eigenvalue weighted by Crippen LogP contribution is -2.43. The molecule has 1 aromatic rings. The first-order valence-electron chi connectivity index (χ1n) is 10.8. The maximum Gasteiger partial charge on any atom is 0.223 e. The predicted molar refractivity (Wildman–Crippen MR) is 106 cm³/mol. The third kappa shape index (κ3) is 4.36.